The van der Waals surface area contributed by atoms with E-state index in [-0.39, 0.29) is 19.4 Å². The fraction of sp³-hybridized carbons (Fsp3) is 0.571. The lowest BCUT2D eigenvalue weighted by atomic mass is 9.97. The van der Waals surface area contributed by atoms with Crippen LogP contribution in [0.25, 0.3) is 0 Å². The highest BCUT2D eigenvalue weighted by molar-refractivity contribution is 5.84. The lowest BCUT2D eigenvalue weighted by molar-refractivity contribution is -0.875. The standard InChI is InChI=1S/C21H31N3O5/c22-13-5-4-9-16(23)19(25)24(14-6-10-17(24)20(26)27)18(21(28)29)12-11-15-7-2-1-3-8-15/h1-3,7-8,16-18H,4-6,9-14,22-23H2,(H-,26,27,28,29)/p+1/t16?,17-,18-,24+/m0/s1. The van der Waals surface area contributed by atoms with Gasteiger partial charge in [0.1, 0.15) is 6.04 Å². The number of aliphatic carboxylic acids is 2. The largest absolute Gasteiger partial charge is 0.477 e. The van der Waals surface area contributed by atoms with E-state index in [0.29, 0.717) is 38.6 Å². The molecule has 8 heteroatoms. The molecule has 29 heavy (non-hydrogen) atoms. The maximum atomic E-state index is 13.4. The van der Waals surface area contributed by atoms with Gasteiger partial charge < -0.3 is 21.7 Å². The Hall–Kier alpha value is -2.29. The summed E-state index contributed by atoms with van der Waals surface area (Å²) in [5, 5.41) is 19.8. The number of quaternary nitrogens is 1. The summed E-state index contributed by atoms with van der Waals surface area (Å²) in [6.07, 6.45) is 3.08. The lowest BCUT2D eigenvalue weighted by Crippen LogP contribution is -2.69. The second-order valence-electron chi connectivity index (χ2n) is 7.76. The molecular weight excluding hydrogens is 374 g/mol. The summed E-state index contributed by atoms with van der Waals surface area (Å²) in [5.41, 5.74) is 12.6. The van der Waals surface area contributed by atoms with Gasteiger partial charge in [0, 0.05) is 19.3 Å². The van der Waals surface area contributed by atoms with Crippen molar-refractivity contribution in [3.63, 3.8) is 0 Å². The van der Waals surface area contributed by atoms with Crippen molar-refractivity contribution in [2.24, 2.45) is 11.5 Å². The number of unbranched alkanes of at least 4 members (excludes halogenated alkanes) is 1. The SMILES string of the molecule is NCCCCC(N)C(=O)[N@+]1([C@@H](CCc2ccccc2)C(=O)O)CCC[C@H]1C(=O)O. The van der Waals surface area contributed by atoms with E-state index < -0.39 is 40.5 Å². The summed E-state index contributed by atoms with van der Waals surface area (Å²) < 4.78 is -0.596. The van der Waals surface area contributed by atoms with Crippen LogP contribution in [0.15, 0.2) is 30.3 Å². The predicted molar refractivity (Wildman–Crippen MR) is 108 cm³/mol. The van der Waals surface area contributed by atoms with E-state index in [1.54, 1.807) is 0 Å². The van der Waals surface area contributed by atoms with Crippen LogP contribution < -0.4 is 11.5 Å². The van der Waals surface area contributed by atoms with Crippen LogP contribution in [0.3, 0.4) is 0 Å². The monoisotopic (exact) mass is 406 g/mol. The van der Waals surface area contributed by atoms with Gasteiger partial charge in [0.25, 0.3) is 0 Å². The normalized spacial score (nSPS) is 23.4. The van der Waals surface area contributed by atoms with Gasteiger partial charge in [-0.25, -0.2) is 18.9 Å². The number of hydrogen-bond donors (Lipinski definition) is 4. The Labute approximate surface area is 171 Å². The Morgan fingerprint density at radius 1 is 1.10 bits per heavy atom. The number of nitrogens with two attached hydrogens (primary N) is 2. The van der Waals surface area contributed by atoms with Crippen LogP contribution in [0, 0.1) is 0 Å². The molecule has 1 heterocycles. The van der Waals surface area contributed by atoms with Crippen molar-refractivity contribution in [3.8, 4) is 0 Å². The first-order chi connectivity index (χ1) is 13.8. The molecule has 0 saturated carbocycles. The van der Waals surface area contributed by atoms with E-state index in [2.05, 4.69) is 0 Å². The Morgan fingerprint density at radius 3 is 2.38 bits per heavy atom. The number of amides is 1. The highest BCUT2D eigenvalue weighted by atomic mass is 16.4. The van der Waals surface area contributed by atoms with Crippen LogP contribution in [-0.2, 0) is 20.8 Å². The zero-order valence-corrected chi connectivity index (χ0v) is 16.7. The van der Waals surface area contributed by atoms with Crippen molar-refractivity contribution in [1.82, 2.24) is 0 Å². The van der Waals surface area contributed by atoms with Crippen molar-refractivity contribution in [1.29, 1.82) is 0 Å². The van der Waals surface area contributed by atoms with Crippen molar-refractivity contribution in [2.75, 3.05) is 13.1 Å². The molecule has 6 N–H and O–H groups in total. The first kappa shape index (κ1) is 23.0. The minimum absolute atomic E-state index is 0.171. The zero-order chi connectivity index (χ0) is 21.4. The maximum Gasteiger partial charge on any atom is 0.363 e. The molecular formula is C21H32N3O5+. The summed E-state index contributed by atoms with van der Waals surface area (Å²) >= 11 is 0. The van der Waals surface area contributed by atoms with Crippen molar-refractivity contribution in [2.45, 2.75) is 63.1 Å². The molecule has 1 aromatic rings. The average Bonchev–Trinajstić information content (AvgIpc) is 3.14. The lowest BCUT2D eigenvalue weighted by Gasteiger charge is -2.41. The molecule has 8 nitrogen and oxygen atoms in total. The molecule has 0 aliphatic carbocycles. The minimum atomic E-state index is -1.16. The van der Waals surface area contributed by atoms with Crippen LogP contribution in [0.2, 0.25) is 0 Å². The van der Waals surface area contributed by atoms with E-state index >= 15 is 0 Å². The summed E-state index contributed by atoms with van der Waals surface area (Å²) in [7, 11) is 0. The molecule has 1 aromatic carbocycles. The van der Waals surface area contributed by atoms with Crippen molar-refractivity contribution in [3.05, 3.63) is 35.9 Å². The van der Waals surface area contributed by atoms with Crippen molar-refractivity contribution >= 4 is 17.8 Å². The number of hydrogen-bond acceptors (Lipinski definition) is 5. The zero-order valence-electron chi connectivity index (χ0n) is 16.7. The summed E-state index contributed by atoms with van der Waals surface area (Å²) in [6, 6.07) is 6.25. The highest BCUT2D eigenvalue weighted by Gasteiger charge is 2.59. The molecule has 4 atom stereocenters. The topological polar surface area (TPSA) is 144 Å². The van der Waals surface area contributed by atoms with Crippen LogP contribution in [0.4, 0.5) is 0 Å². The number of aryl methyl sites for hydroxylation is 1. The molecule has 0 aromatic heterocycles. The Bertz CT molecular complexity index is 712. The molecule has 160 valence electrons. The smallest absolute Gasteiger partial charge is 0.363 e. The van der Waals surface area contributed by atoms with Gasteiger partial charge in [-0.2, -0.15) is 0 Å². The molecule has 1 saturated heterocycles. The van der Waals surface area contributed by atoms with Gasteiger partial charge in [0.2, 0.25) is 0 Å². The molecule has 0 radical (unpaired) electrons. The van der Waals surface area contributed by atoms with Gasteiger partial charge in [-0.1, -0.05) is 30.3 Å². The summed E-state index contributed by atoms with van der Waals surface area (Å²) in [5.74, 6) is -2.78. The maximum absolute atomic E-state index is 13.4. The van der Waals surface area contributed by atoms with Crippen molar-refractivity contribution < 1.29 is 29.1 Å². The van der Waals surface area contributed by atoms with Gasteiger partial charge in [0.15, 0.2) is 12.1 Å². The van der Waals surface area contributed by atoms with E-state index in [9.17, 15) is 24.6 Å². The number of benzene rings is 1. The second kappa shape index (κ2) is 10.5. The van der Waals surface area contributed by atoms with E-state index in [1.807, 2.05) is 30.3 Å². The van der Waals surface area contributed by atoms with Crippen LogP contribution >= 0.6 is 0 Å². The fourth-order valence-corrected chi connectivity index (χ4v) is 4.48. The molecule has 0 bridgehead atoms. The Kier molecular flexibility index (Phi) is 8.31. The van der Waals surface area contributed by atoms with Crippen LogP contribution in [-0.4, -0.2) is 63.8 Å². The Morgan fingerprint density at radius 2 is 1.79 bits per heavy atom. The number of rotatable bonds is 11. The molecule has 1 fully saturated rings. The third kappa shape index (κ3) is 5.20. The first-order valence-electron chi connectivity index (χ1n) is 10.2. The van der Waals surface area contributed by atoms with E-state index in [1.165, 1.54) is 0 Å². The predicted octanol–water partition coefficient (Wildman–Crippen LogP) is 1.12. The van der Waals surface area contributed by atoms with Crippen LogP contribution in [0.1, 0.15) is 44.1 Å². The van der Waals surface area contributed by atoms with E-state index in [0.717, 1.165) is 5.56 Å². The minimum Gasteiger partial charge on any atom is -0.477 e. The van der Waals surface area contributed by atoms with E-state index in [4.69, 9.17) is 11.5 Å². The average molecular weight is 407 g/mol. The van der Waals surface area contributed by atoms with Gasteiger partial charge in [-0.3, -0.25) is 0 Å². The van der Waals surface area contributed by atoms with Gasteiger partial charge in [-0.05, 0) is 37.8 Å². The third-order valence-electron chi connectivity index (χ3n) is 5.93. The van der Waals surface area contributed by atoms with Crippen LogP contribution in [0.5, 0.6) is 0 Å². The first-order valence-corrected chi connectivity index (χ1v) is 10.2. The van der Waals surface area contributed by atoms with Gasteiger partial charge >= 0.3 is 17.8 Å². The number of carboxylic acids is 2. The fourth-order valence-electron chi connectivity index (χ4n) is 4.48. The molecule has 1 amide bonds. The third-order valence-corrected chi connectivity index (χ3v) is 5.93. The van der Waals surface area contributed by atoms with Gasteiger partial charge in [0.05, 0.1) is 6.54 Å². The molecule has 1 aliphatic heterocycles. The number of carbonyl (C=O) groups excluding carboxylic acids is 1. The molecule has 0 spiro atoms. The number of carbonyl (C=O) groups is 3. The number of carboxylic acid groups (broad SMARTS) is 2. The quantitative estimate of drug-likeness (QED) is 0.318. The Balaban J connectivity index is 2.34. The highest BCUT2D eigenvalue weighted by Crippen LogP contribution is 2.35. The summed E-state index contributed by atoms with van der Waals surface area (Å²) in [4.78, 5) is 37.7. The van der Waals surface area contributed by atoms with Gasteiger partial charge in [-0.15, -0.1) is 0 Å². The number of nitrogens with zero attached hydrogens (tertiary/aromatic N) is 1. The molecule has 2 rings (SSSR count). The molecule has 1 unspecified atom stereocenters. The second-order valence-corrected chi connectivity index (χ2v) is 7.76. The number of likely N-dealkylation sites (tertiary alicyclic amines) is 1. The summed E-state index contributed by atoms with van der Waals surface area (Å²) in [6.45, 7) is 0.666. The molecule has 1 aliphatic rings.